The maximum absolute atomic E-state index is 12.2. The number of likely N-dealkylation sites (tertiary alicyclic amines) is 1. The Bertz CT molecular complexity index is 464. The molecule has 1 amide bonds. The molecular weight excluding hydrogens is 256 g/mol. The van der Waals surface area contributed by atoms with Gasteiger partial charge in [0.05, 0.1) is 10.7 Å². The number of hydrogen-bond acceptors (Lipinski definition) is 3. The van der Waals surface area contributed by atoms with Crippen molar-refractivity contribution >= 4 is 17.2 Å². The summed E-state index contributed by atoms with van der Waals surface area (Å²) in [6.45, 7) is 6.21. The molecule has 1 aliphatic carbocycles. The van der Waals surface area contributed by atoms with Gasteiger partial charge in [-0.1, -0.05) is 13.8 Å². The predicted octanol–water partition coefficient (Wildman–Crippen LogP) is 3.38. The van der Waals surface area contributed by atoms with Crippen LogP contribution in [-0.4, -0.2) is 28.9 Å². The van der Waals surface area contributed by atoms with Crippen molar-refractivity contribution in [3.05, 3.63) is 16.1 Å². The van der Waals surface area contributed by atoms with E-state index < -0.39 is 0 Å². The first kappa shape index (κ1) is 13.1. The summed E-state index contributed by atoms with van der Waals surface area (Å²) in [6, 6.07) is 0. The smallest absolute Gasteiger partial charge is 0.225 e. The minimum atomic E-state index is 0.348. The van der Waals surface area contributed by atoms with E-state index in [-0.39, 0.29) is 0 Å². The molecule has 2 aliphatic rings. The monoisotopic (exact) mass is 278 g/mol. The van der Waals surface area contributed by atoms with Crippen LogP contribution in [0.5, 0.6) is 0 Å². The molecule has 4 heteroatoms. The van der Waals surface area contributed by atoms with E-state index in [1.54, 1.807) is 11.3 Å². The SMILES string of the molecule is CC(C)c1csc(C2CCCN(C(=O)C3CC3)C2)n1. The minimum Gasteiger partial charge on any atom is -0.342 e. The lowest BCUT2D eigenvalue weighted by Gasteiger charge is -2.32. The number of carbonyl (C=O) groups excluding carboxylic acids is 1. The van der Waals surface area contributed by atoms with E-state index in [9.17, 15) is 4.79 Å². The molecule has 1 saturated carbocycles. The summed E-state index contributed by atoms with van der Waals surface area (Å²) in [5, 5.41) is 3.42. The Labute approximate surface area is 119 Å². The van der Waals surface area contributed by atoms with Crippen LogP contribution in [0.1, 0.15) is 62.1 Å². The Kier molecular flexibility index (Phi) is 3.61. The Hall–Kier alpha value is -0.900. The first-order valence-corrected chi connectivity index (χ1v) is 8.27. The van der Waals surface area contributed by atoms with E-state index in [1.165, 1.54) is 17.1 Å². The lowest BCUT2D eigenvalue weighted by molar-refractivity contribution is -0.133. The summed E-state index contributed by atoms with van der Waals surface area (Å²) in [5.41, 5.74) is 1.20. The summed E-state index contributed by atoms with van der Waals surface area (Å²) < 4.78 is 0. The molecule has 0 aromatic carbocycles. The third-order valence-electron chi connectivity index (χ3n) is 4.14. The van der Waals surface area contributed by atoms with Crippen molar-refractivity contribution in [3.63, 3.8) is 0 Å². The Balaban J connectivity index is 1.68. The second-order valence-corrected chi connectivity index (χ2v) is 7.05. The van der Waals surface area contributed by atoms with Gasteiger partial charge < -0.3 is 4.90 Å². The fourth-order valence-electron chi connectivity index (χ4n) is 2.72. The van der Waals surface area contributed by atoms with Crippen LogP contribution < -0.4 is 0 Å². The normalized spacial score (nSPS) is 23.9. The second kappa shape index (κ2) is 5.23. The van der Waals surface area contributed by atoms with Crippen LogP contribution in [0, 0.1) is 5.92 Å². The molecule has 3 nitrogen and oxygen atoms in total. The van der Waals surface area contributed by atoms with Crippen LogP contribution in [0.3, 0.4) is 0 Å². The molecule has 19 heavy (non-hydrogen) atoms. The molecule has 0 spiro atoms. The van der Waals surface area contributed by atoms with Gasteiger partial charge in [-0.3, -0.25) is 4.79 Å². The molecule has 1 aromatic heterocycles. The third kappa shape index (κ3) is 2.83. The molecule has 1 aromatic rings. The molecule has 1 saturated heterocycles. The van der Waals surface area contributed by atoms with Crippen LogP contribution in [-0.2, 0) is 4.79 Å². The van der Waals surface area contributed by atoms with Gasteiger partial charge in [-0.15, -0.1) is 11.3 Å². The van der Waals surface area contributed by atoms with Gasteiger partial charge in [0.2, 0.25) is 5.91 Å². The topological polar surface area (TPSA) is 33.2 Å². The van der Waals surface area contributed by atoms with E-state index >= 15 is 0 Å². The van der Waals surface area contributed by atoms with E-state index in [2.05, 4.69) is 24.1 Å². The summed E-state index contributed by atoms with van der Waals surface area (Å²) >= 11 is 1.77. The van der Waals surface area contributed by atoms with Crippen LogP contribution in [0.25, 0.3) is 0 Å². The highest BCUT2D eigenvalue weighted by atomic mass is 32.1. The number of thiazole rings is 1. The van der Waals surface area contributed by atoms with E-state index in [4.69, 9.17) is 4.98 Å². The second-order valence-electron chi connectivity index (χ2n) is 6.16. The van der Waals surface area contributed by atoms with E-state index in [1.807, 2.05) is 0 Å². The first-order valence-electron chi connectivity index (χ1n) is 7.39. The van der Waals surface area contributed by atoms with Gasteiger partial charge in [0.25, 0.3) is 0 Å². The van der Waals surface area contributed by atoms with E-state index in [0.29, 0.717) is 23.7 Å². The summed E-state index contributed by atoms with van der Waals surface area (Å²) in [5.74, 6) is 1.71. The van der Waals surface area contributed by atoms with E-state index in [0.717, 1.165) is 32.4 Å². The zero-order chi connectivity index (χ0) is 13.4. The largest absolute Gasteiger partial charge is 0.342 e. The summed E-state index contributed by atoms with van der Waals surface area (Å²) in [7, 11) is 0. The lowest BCUT2D eigenvalue weighted by atomic mass is 9.98. The minimum absolute atomic E-state index is 0.348. The van der Waals surface area contributed by atoms with Gasteiger partial charge >= 0.3 is 0 Å². The van der Waals surface area contributed by atoms with Gasteiger partial charge in [0.15, 0.2) is 0 Å². The van der Waals surface area contributed by atoms with Crippen molar-refractivity contribution in [2.45, 2.75) is 51.4 Å². The molecule has 3 rings (SSSR count). The van der Waals surface area contributed by atoms with Crippen LogP contribution in [0.15, 0.2) is 5.38 Å². The molecule has 0 bridgehead atoms. The maximum Gasteiger partial charge on any atom is 0.225 e. The highest BCUT2D eigenvalue weighted by Gasteiger charge is 2.36. The van der Waals surface area contributed by atoms with Gasteiger partial charge in [-0.2, -0.15) is 0 Å². The molecule has 104 valence electrons. The predicted molar refractivity (Wildman–Crippen MR) is 77.5 cm³/mol. The van der Waals surface area contributed by atoms with Crippen molar-refractivity contribution < 1.29 is 4.79 Å². The number of piperidine rings is 1. The molecule has 0 radical (unpaired) electrons. The van der Waals surface area contributed by atoms with Gasteiger partial charge in [-0.25, -0.2) is 4.98 Å². The highest BCUT2D eigenvalue weighted by Crippen LogP contribution is 2.35. The number of aromatic nitrogens is 1. The van der Waals surface area contributed by atoms with Crippen molar-refractivity contribution in [3.8, 4) is 0 Å². The fraction of sp³-hybridized carbons (Fsp3) is 0.733. The number of rotatable bonds is 3. The quantitative estimate of drug-likeness (QED) is 0.849. The molecule has 1 atom stereocenters. The first-order chi connectivity index (χ1) is 9.15. The van der Waals surface area contributed by atoms with Crippen LogP contribution >= 0.6 is 11.3 Å². The zero-order valence-electron chi connectivity index (χ0n) is 11.8. The molecular formula is C15H22N2OS. The average Bonchev–Trinajstić information content (AvgIpc) is 3.14. The summed E-state index contributed by atoms with van der Waals surface area (Å²) in [6.07, 6.45) is 4.52. The lowest BCUT2D eigenvalue weighted by Crippen LogP contribution is -2.39. The molecule has 2 fully saturated rings. The molecule has 1 aliphatic heterocycles. The van der Waals surface area contributed by atoms with Crippen molar-refractivity contribution in [1.82, 2.24) is 9.88 Å². The average molecular weight is 278 g/mol. The van der Waals surface area contributed by atoms with Gasteiger partial charge in [0.1, 0.15) is 0 Å². The van der Waals surface area contributed by atoms with Crippen molar-refractivity contribution in [2.24, 2.45) is 5.92 Å². The Morgan fingerprint density at radius 1 is 1.42 bits per heavy atom. The Morgan fingerprint density at radius 2 is 2.21 bits per heavy atom. The van der Waals surface area contributed by atoms with Crippen LogP contribution in [0.4, 0.5) is 0 Å². The zero-order valence-corrected chi connectivity index (χ0v) is 12.6. The van der Waals surface area contributed by atoms with Gasteiger partial charge in [0, 0.05) is 30.3 Å². The van der Waals surface area contributed by atoms with Crippen molar-refractivity contribution in [1.29, 1.82) is 0 Å². The maximum atomic E-state index is 12.2. The number of hydrogen-bond donors (Lipinski definition) is 0. The highest BCUT2D eigenvalue weighted by molar-refractivity contribution is 7.09. The van der Waals surface area contributed by atoms with Gasteiger partial charge in [-0.05, 0) is 31.6 Å². The molecule has 1 unspecified atom stereocenters. The fourth-order valence-corrected chi connectivity index (χ4v) is 3.83. The standard InChI is InChI=1S/C15H22N2OS/c1-10(2)13-9-19-14(16-13)12-4-3-7-17(8-12)15(18)11-5-6-11/h9-12H,3-8H2,1-2H3. The van der Waals surface area contributed by atoms with Crippen LogP contribution in [0.2, 0.25) is 0 Å². The third-order valence-corrected chi connectivity index (χ3v) is 5.17. The molecule has 0 N–H and O–H groups in total. The number of nitrogens with zero attached hydrogens (tertiary/aromatic N) is 2. The summed E-state index contributed by atoms with van der Waals surface area (Å²) in [4.78, 5) is 19.0. The molecule has 2 heterocycles. The Morgan fingerprint density at radius 3 is 2.84 bits per heavy atom. The number of carbonyl (C=O) groups is 1. The van der Waals surface area contributed by atoms with Crippen molar-refractivity contribution in [2.75, 3.05) is 13.1 Å². The number of amides is 1.